The van der Waals surface area contributed by atoms with Crippen molar-refractivity contribution in [3.05, 3.63) is 132 Å². The fourth-order valence-electron chi connectivity index (χ4n) is 6.84. The van der Waals surface area contributed by atoms with Crippen molar-refractivity contribution in [1.82, 2.24) is 4.98 Å². The Kier molecular flexibility index (Phi) is 7.16. The fourth-order valence-corrected chi connectivity index (χ4v) is 6.84. The van der Waals surface area contributed by atoms with E-state index in [0.717, 1.165) is 28.6 Å². The third-order valence-corrected chi connectivity index (χ3v) is 9.69. The number of hydrogen-bond acceptors (Lipinski definition) is 2. The van der Waals surface area contributed by atoms with Crippen molar-refractivity contribution in [2.45, 2.75) is 66.2 Å². The zero-order chi connectivity index (χ0) is 32.4. The number of hydrogen-bond donors (Lipinski definition) is 1. The van der Waals surface area contributed by atoms with Gasteiger partial charge in [0.15, 0.2) is 0 Å². The van der Waals surface area contributed by atoms with Crippen molar-refractivity contribution in [2.75, 3.05) is 4.90 Å². The Hall–Kier alpha value is -4.70. The number of rotatable bonds is 4. The summed E-state index contributed by atoms with van der Waals surface area (Å²) < 4.78 is 6.72. The smallest absolute Gasteiger partial charge is 0.253 e. The first-order chi connectivity index (χ1) is 21.9. The molecular formula is C42H43BN2O. The summed E-state index contributed by atoms with van der Waals surface area (Å²) in [6.45, 7) is 18.0. The van der Waals surface area contributed by atoms with Gasteiger partial charge in [0.2, 0.25) is 0 Å². The van der Waals surface area contributed by atoms with E-state index in [9.17, 15) is 0 Å². The summed E-state index contributed by atoms with van der Waals surface area (Å²) in [6, 6.07) is 39.9. The van der Waals surface area contributed by atoms with Gasteiger partial charge in [-0.05, 0) is 94.2 Å². The largest absolute Gasteiger partial charge is 0.458 e. The van der Waals surface area contributed by atoms with Gasteiger partial charge in [0.1, 0.15) is 11.5 Å². The van der Waals surface area contributed by atoms with E-state index in [0.29, 0.717) is 0 Å². The highest BCUT2D eigenvalue weighted by Crippen LogP contribution is 2.39. The van der Waals surface area contributed by atoms with Crippen LogP contribution in [-0.4, -0.2) is 11.7 Å². The summed E-state index contributed by atoms with van der Waals surface area (Å²) in [6.07, 6.45) is 0. The number of nitrogens with zero attached hydrogens (tertiary/aromatic N) is 1. The fraction of sp³-hybridized carbons (Fsp3) is 0.238. The molecule has 0 saturated carbocycles. The highest BCUT2D eigenvalue weighted by molar-refractivity contribution is 6.98. The van der Waals surface area contributed by atoms with E-state index in [4.69, 9.17) is 4.74 Å². The number of aryl methyl sites for hydroxylation is 2. The number of fused-ring (bicyclic) bond motifs is 3. The van der Waals surface area contributed by atoms with Crippen LogP contribution in [0.25, 0.3) is 10.9 Å². The molecule has 0 amide bonds. The summed E-state index contributed by atoms with van der Waals surface area (Å²) in [5, 5.41) is 1.28. The van der Waals surface area contributed by atoms with Crippen LogP contribution in [-0.2, 0) is 10.8 Å². The molecule has 1 aromatic heterocycles. The second kappa shape index (κ2) is 11.0. The molecule has 1 N–H and O–H groups in total. The number of ether oxygens (including phenoxy) is 1. The lowest BCUT2D eigenvalue weighted by Gasteiger charge is -2.31. The predicted octanol–water partition coefficient (Wildman–Crippen LogP) is 9.47. The van der Waals surface area contributed by atoms with Crippen LogP contribution in [0.4, 0.5) is 17.1 Å². The predicted molar refractivity (Wildman–Crippen MR) is 197 cm³/mol. The van der Waals surface area contributed by atoms with Crippen LogP contribution in [0.1, 0.15) is 63.9 Å². The SMILES string of the molecule is Cc1[nH]c2c(B3c4ccccc4Oc4cc(N(c5ccc(C(C)(C)C)cc5)c5ccc(C(C)(C)C)cc5)ccc43)cccc2c1C. The van der Waals surface area contributed by atoms with E-state index in [-0.39, 0.29) is 17.5 Å². The quantitative estimate of drug-likeness (QED) is 0.203. The molecule has 5 aromatic carbocycles. The molecule has 6 aromatic rings. The number of aromatic amines is 1. The molecule has 2 heterocycles. The Labute approximate surface area is 274 Å². The van der Waals surface area contributed by atoms with E-state index in [2.05, 4.69) is 174 Å². The molecule has 0 aliphatic carbocycles. The Morgan fingerprint density at radius 1 is 0.565 bits per heavy atom. The van der Waals surface area contributed by atoms with Crippen molar-refractivity contribution in [1.29, 1.82) is 0 Å². The third kappa shape index (κ3) is 5.20. The minimum absolute atomic E-state index is 0.0424. The summed E-state index contributed by atoms with van der Waals surface area (Å²) in [4.78, 5) is 6.05. The standard InChI is InChI=1S/C42H43BN2O/c1-27-28(2)44-40-34(27)12-11-14-37(40)43-35-13-9-10-15-38(35)46-39-26-33(24-25-36(39)43)45(31-20-16-29(17-21-31)41(3,4)5)32-22-18-30(19-23-32)42(6,7)8/h9-26,44H,1-8H3. The molecule has 3 nitrogen and oxygen atoms in total. The number of benzene rings is 5. The molecule has 0 saturated heterocycles. The molecule has 0 atom stereocenters. The van der Waals surface area contributed by atoms with Crippen molar-refractivity contribution >= 4 is 51.1 Å². The van der Waals surface area contributed by atoms with Gasteiger partial charge in [0.05, 0.1) is 0 Å². The van der Waals surface area contributed by atoms with Gasteiger partial charge >= 0.3 is 0 Å². The molecule has 4 heteroatoms. The molecule has 1 aliphatic heterocycles. The van der Waals surface area contributed by atoms with Gasteiger partial charge in [-0.3, -0.25) is 0 Å². The normalized spacial score (nSPS) is 12.9. The minimum Gasteiger partial charge on any atom is -0.458 e. The van der Waals surface area contributed by atoms with Gasteiger partial charge in [-0.15, -0.1) is 0 Å². The first kappa shape index (κ1) is 30.0. The highest BCUT2D eigenvalue weighted by Gasteiger charge is 2.34. The van der Waals surface area contributed by atoms with E-state index in [1.54, 1.807) is 0 Å². The number of H-pyrrole nitrogens is 1. The van der Waals surface area contributed by atoms with E-state index in [1.807, 2.05) is 0 Å². The van der Waals surface area contributed by atoms with Gasteiger partial charge in [0, 0.05) is 39.7 Å². The van der Waals surface area contributed by atoms with E-state index in [1.165, 1.54) is 49.7 Å². The average molecular weight is 603 g/mol. The number of nitrogens with one attached hydrogen (secondary N) is 1. The molecule has 0 fully saturated rings. The van der Waals surface area contributed by atoms with Crippen LogP contribution < -0.4 is 26.0 Å². The first-order valence-corrected chi connectivity index (χ1v) is 16.4. The topological polar surface area (TPSA) is 28.3 Å². The van der Waals surface area contributed by atoms with Crippen molar-refractivity contribution < 1.29 is 4.74 Å². The van der Waals surface area contributed by atoms with Crippen LogP contribution >= 0.6 is 0 Å². The van der Waals surface area contributed by atoms with Gasteiger partial charge in [-0.2, -0.15) is 0 Å². The lowest BCUT2D eigenvalue weighted by atomic mass is 9.35. The second-order valence-electron chi connectivity index (χ2n) is 14.9. The summed E-state index contributed by atoms with van der Waals surface area (Å²) in [5.74, 6) is 1.80. The Morgan fingerprint density at radius 2 is 1.11 bits per heavy atom. The number of aromatic nitrogens is 1. The van der Waals surface area contributed by atoms with Crippen LogP contribution in [0.3, 0.4) is 0 Å². The maximum Gasteiger partial charge on any atom is 0.253 e. The lowest BCUT2D eigenvalue weighted by Crippen LogP contribution is -2.55. The molecular weight excluding hydrogens is 559 g/mol. The minimum atomic E-state index is 0.0424. The maximum atomic E-state index is 6.72. The second-order valence-corrected chi connectivity index (χ2v) is 14.9. The van der Waals surface area contributed by atoms with Crippen LogP contribution in [0, 0.1) is 13.8 Å². The van der Waals surface area contributed by atoms with E-state index < -0.39 is 0 Å². The van der Waals surface area contributed by atoms with Gasteiger partial charge in [-0.1, -0.05) is 108 Å². The zero-order valence-electron chi connectivity index (χ0n) is 28.3. The van der Waals surface area contributed by atoms with Crippen molar-refractivity contribution in [3.63, 3.8) is 0 Å². The molecule has 1 aliphatic rings. The molecule has 46 heavy (non-hydrogen) atoms. The first-order valence-electron chi connectivity index (χ1n) is 16.4. The molecule has 7 rings (SSSR count). The van der Waals surface area contributed by atoms with Crippen molar-refractivity contribution in [2.24, 2.45) is 0 Å². The molecule has 0 radical (unpaired) electrons. The highest BCUT2D eigenvalue weighted by atomic mass is 16.5. The third-order valence-electron chi connectivity index (χ3n) is 9.69. The summed E-state index contributed by atoms with van der Waals surface area (Å²) >= 11 is 0. The Morgan fingerprint density at radius 3 is 1.72 bits per heavy atom. The van der Waals surface area contributed by atoms with Crippen LogP contribution in [0.5, 0.6) is 11.5 Å². The van der Waals surface area contributed by atoms with Crippen LogP contribution in [0.15, 0.2) is 109 Å². The van der Waals surface area contributed by atoms with Gasteiger partial charge in [0.25, 0.3) is 6.71 Å². The Bertz CT molecular complexity index is 2000. The van der Waals surface area contributed by atoms with Crippen molar-refractivity contribution in [3.8, 4) is 11.5 Å². The van der Waals surface area contributed by atoms with E-state index >= 15 is 0 Å². The molecule has 0 bridgehead atoms. The Balaban J connectivity index is 1.39. The number of para-hydroxylation sites is 2. The average Bonchev–Trinajstić information content (AvgIpc) is 3.32. The summed E-state index contributed by atoms with van der Waals surface area (Å²) in [7, 11) is 0. The van der Waals surface area contributed by atoms with Gasteiger partial charge in [-0.25, -0.2) is 0 Å². The molecule has 0 spiro atoms. The molecule has 0 unspecified atom stereocenters. The number of anilines is 3. The summed E-state index contributed by atoms with van der Waals surface area (Å²) in [5.41, 5.74) is 13.4. The monoisotopic (exact) mass is 602 g/mol. The van der Waals surface area contributed by atoms with Crippen LogP contribution in [0.2, 0.25) is 0 Å². The zero-order valence-corrected chi connectivity index (χ0v) is 28.3. The molecule has 230 valence electrons. The van der Waals surface area contributed by atoms with Gasteiger partial charge < -0.3 is 14.6 Å². The lowest BCUT2D eigenvalue weighted by molar-refractivity contribution is 0.487. The maximum absolute atomic E-state index is 6.72.